The second-order valence-corrected chi connectivity index (χ2v) is 9.00. The van der Waals surface area contributed by atoms with Gasteiger partial charge in [-0.3, -0.25) is 4.79 Å². The molecule has 0 saturated carbocycles. The minimum atomic E-state index is 0.210. The van der Waals surface area contributed by atoms with Gasteiger partial charge in [0, 0.05) is 38.5 Å². The Morgan fingerprint density at radius 3 is 2.50 bits per heavy atom. The topological polar surface area (TPSA) is 34.5 Å². The van der Waals surface area contributed by atoms with Crippen molar-refractivity contribution in [1.82, 2.24) is 9.47 Å². The molecule has 0 fully saturated rings. The highest BCUT2D eigenvalue weighted by Crippen LogP contribution is 2.26. The van der Waals surface area contributed by atoms with Crippen LogP contribution in [0.15, 0.2) is 48.7 Å². The Hall–Kier alpha value is -2.07. The average Bonchev–Trinajstić information content (AvgIpc) is 3.04. The maximum atomic E-state index is 13.0. The van der Waals surface area contributed by atoms with Crippen LogP contribution < -0.4 is 0 Å². The van der Waals surface area contributed by atoms with Gasteiger partial charge in [0.05, 0.1) is 13.2 Å². The largest absolute Gasteiger partial charge is 0.383 e. The van der Waals surface area contributed by atoms with E-state index >= 15 is 0 Å². The van der Waals surface area contributed by atoms with E-state index in [4.69, 9.17) is 4.74 Å². The van der Waals surface area contributed by atoms with E-state index in [0.717, 1.165) is 18.7 Å². The van der Waals surface area contributed by atoms with Gasteiger partial charge in [0.15, 0.2) is 0 Å². The molecule has 0 N–H and O–H groups in total. The highest BCUT2D eigenvalue weighted by Gasteiger charge is 2.21. The van der Waals surface area contributed by atoms with Crippen LogP contribution in [0.3, 0.4) is 0 Å². The van der Waals surface area contributed by atoms with E-state index in [1.165, 1.54) is 5.56 Å². The van der Waals surface area contributed by atoms with Crippen LogP contribution >= 0.6 is 0 Å². The minimum absolute atomic E-state index is 0.210. The lowest BCUT2D eigenvalue weighted by atomic mass is 9.84. The molecule has 154 valence electrons. The van der Waals surface area contributed by atoms with Crippen LogP contribution in [0.2, 0.25) is 0 Å². The number of carbonyl (C=O) groups excluding carboxylic acids is 1. The molecule has 1 aromatic carbocycles. The normalized spacial score (nSPS) is 12.8. The Balaban J connectivity index is 2.05. The first-order valence-corrected chi connectivity index (χ1v) is 10.2. The van der Waals surface area contributed by atoms with Crippen molar-refractivity contribution in [1.29, 1.82) is 0 Å². The van der Waals surface area contributed by atoms with Crippen molar-refractivity contribution in [3.63, 3.8) is 0 Å². The minimum Gasteiger partial charge on any atom is -0.383 e. The van der Waals surface area contributed by atoms with Crippen molar-refractivity contribution in [3.8, 4) is 0 Å². The molecule has 1 heterocycles. The molecule has 1 atom stereocenters. The number of hydrogen-bond acceptors (Lipinski definition) is 2. The number of amides is 1. The molecule has 1 aromatic heterocycles. The van der Waals surface area contributed by atoms with Crippen molar-refractivity contribution in [2.45, 2.75) is 53.6 Å². The predicted octanol–water partition coefficient (Wildman–Crippen LogP) is 4.97. The highest BCUT2D eigenvalue weighted by atomic mass is 16.5. The molecule has 4 nitrogen and oxygen atoms in total. The van der Waals surface area contributed by atoms with Crippen molar-refractivity contribution in [3.05, 3.63) is 59.9 Å². The number of carbonyl (C=O) groups is 1. The van der Waals surface area contributed by atoms with Crippen molar-refractivity contribution < 1.29 is 9.53 Å². The number of nitrogens with zero attached hydrogens (tertiary/aromatic N) is 2. The molecule has 0 radical (unpaired) electrons. The van der Waals surface area contributed by atoms with Gasteiger partial charge in [-0.15, -0.1) is 0 Å². The quantitative estimate of drug-likeness (QED) is 0.579. The fraction of sp³-hybridized carbons (Fsp3) is 0.542. The lowest BCUT2D eigenvalue weighted by Gasteiger charge is -2.27. The van der Waals surface area contributed by atoms with E-state index in [-0.39, 0.29) is 11.3 Å². The third-order valence-corrected chi connectivity index (χ3v) is 4.87. The van der Waals surface area contributed by atoms with Crippen LogP contribution in [0.5, 0.6) is 0 Å². The van der Waals surface area contributed by atoms with E-state index in [1.54, 1.807) is 7.11 Å². The van der Waals surface area contributed by atoms with Gasteiger partial charge < -0.3 is 14.2 Å². The molecule has 0 saturated heterocycles. The molecular weight excluding hydrogens is 348 g/mol. The standard InChI is InChI=1S/C24H36N2O2/c1-20(17-24(2,3)4)16-23(27)26(14-15-28-5)19-22-12-9-13-25(22)18-21-10-7-6-8-11-21/h6-13,20H,14-19H2,1-5H3. The van der Waals surface area contributed by atoms with Crippen molar-refractivity contribution >= 4 is 5.91 Å². The van der Waals surface area contributed by atoms with Crippen molar-refractivity contribution in [2.75, 3.05) is 20.3 Å². The Bertz CT molecular complexity index is 716. The molecule has 4 heteroatoms. The van der Waals surface area contributed by atoms with Crippen LogP contribution in [-0.2, 0) is 22.6 Å². The number of methoxy groups -OCH3 is 1. The van der Waals surface area contributed by atoms with Gasteiger partial charge in [-0.2, -0.15) is 0 Å². The van der Waals surface area contributed by atoms with E-state index in [1.807, 2.05) is 11.0 Å². The maximum Gasteiger partial charge on any atom is 0.223 e. The third-order valence-electron chi connectivity index (χ3n) is 4.87. The van der Waals surface area contributed by atoms with E-state index in [0.29, 0.717) is 32.0 Å². The van der Waals surface area contributed by atoms with Gasteiger partial charge in [-0.25, -0.2) is 0 Å². The SMILES string of the molecule is COCCN(Cc1cccn1Cc1ccccc1)C(=O)CC(C)CC(C)(C)C. The summed E-state index contributed by atoms with van der Waals surface area (Å²) in [6, 6.07) is 14.6. The summed E-state index contributed by atoms with van der Waals surface area (Å²) < 4.78 is 7.48. The summed E-state index contributed by atoms with van der Waals surface area (Å²) >= 11 is 0. The van der Waals surface area contributed by atoms with Crippen LogP contribution in [0, 0.1) is 11.3 Å². The summed E-state index contributed by atoms with van der Waals surface area (Å²) in [5, 5.41) is 0. The fourth-order valence-electron chi connectivity index (χ4n) is 3.76. The summed E-state index contributed by atoms with van der Waals surface area (Å²) in [5.41, 5.74) is 2.65. The predicted molar refractivity (Wildman–Crippen MR) is 115 cm³/mol. The smallest absolute Gasteiger partial charge is 0.223 e. The molecule has 0 bridgehead atoms. The van der Waals surface area contributed by atoms with Gasteiger partial charge >= 0.3 is 0 Å². The Morgan fingerprint density at radius 2 is 1.86 bits per heavy atom. The number of rotatable bonds is 10. The van der Waals surface area contributed by atoms with E-state index in [9.17, 15) is 4.79 Å². The highest BCUT2D eigenvalue weighted by molar-refractivity contribution is 5.76. The number of hydrogen-bond donors (Lipinski definition) is 0. The van der Waals surface area contributed by atoms with Crippen LogP contribution in [0.4, 0.5) is 0 Å². The molecular formula is C24H36N2O2. The number of benzene rings is 1. The zero-order valence-corrected chi connectivity index (χ0v) is 18.1. The molecule has 2 aromatic rings. The van der Waals surface area contributed by atoms with E-state index < -0.39 is 0 Å². The lowest BCUT2D eigenvalue weighted by molar-refractivity contribution is -0.133. The summed E-state index contributed by atoms with van der Waals surface area (Å²) in [6.07, 6.45) is 3.71. The van der Waals surface area contributed by atoms with Gasteiger partial charge in [-0.1, -0.05) is 58.0 Å². The zero-order chi connectivity index (χ0) is 20.6. The molecule has 28 heavy (non-hydrogen) atoms. The lowest BCUT2D eigenvalue weighted by Crippen LogP contribution is -2.35. The number of aromatic nitrogens is 1. The average molecular weight is 385 g/mol. The molecule has 0 aliphatic heterocycles. The Morgan fingerprint density at radius 1 is 1.14 bits per heavy atom. The van der Waals surface area contributed by atoms with Gasteiger partial charge in [-0.05, 0) is 35.4 Å². The van der Waals surface area contributed by atoms with Crippen LogP contribution in [0.1, 0.15) is 51.8 Å². The second-order valence-electron chi connectivity index (χ2n) is 9.00. The molecule has 0 aliphatic rings. The summed E-state index contributed by atoms with van der Waals surface area (Å²) in [6.45, 7) is 11.5. The molecule has 0 spiro atoms. The van der Waals surface area contributed by atoms with E-state index in [2.05, 4.69) is 74.9 Å². The van der Waals surface area contributed by atoms with Crippen LogP contribution in [-0.4, -0.2) is 35.6 Å². The molecule has 0 aliphatic carbocycles. The maximum absolute atomic E-state index is 13.0. The van der Waals surface area contributed by atoms with Gasteiger partial charge in [0.2, 0.25) is 5.91 Å². The molecule has 1 unspecified atom stereocenters. The first-order valence-electron chi connectivity index (χ1n) is 10.2. The van der Waals surface area contributed by atoms with Gasteiger partial charge in [0.25, 0.3) is 0 Å². The Labute approximate surface area is 170 Å². The molecule has 2 rings (SSSR count). The monoisotopic (exact) mass is 384 g/mol. The number of ether oxygens (including phenoxy) is 1. The summed E-state index contributed by atoms with van der Waals surface area (Å²) in [5.74, 6) is 0.579. The van der Waals surface area contributed by atoms with Crippen molar-refractivity contribution in [2.24, 2.45) is 11.3 Å². The summed E-state index contributed by atoms with van der Waals surface area (Å²) in [7, 11) is 1.68. The first kappa shape index (κ1) is 22.2. The second kappa shape index (κ2) is 10.5. The van der Waals surface area contributed by atoms with Crippen LogP contribution in [0.25, 0.3) is 0 Å². The third kappa shape index (κ3) is 7.51. The fourth-order valence-corrected chi connectivity index (χ4v) is 3.76. The summed E-state index contributed by atoms with van der Waals surface area (Å²) in [4.78, 5) is 14.9. The zero-order valence-electron chi connectivity index (χ0n) is 18.1. The van der Waals surface area contributed by atoms with Gasteiger partial charge in [0.1, 0.15) is 0 Å². The Kier molecular flexibility index (Phi) is 8.31. The first-order chi connectivity index (χ1) is 13.3. The molecule has 1 amide bonds.